The summed E-state index contributed by atoms with van der Waals surface area (Å²) in [5.41, 5.74) is 1.77. The van der Waals surface area contributed by atoms with E-state index in [1.54, 1.807) is 6.07 Å². The fourth-order valence-electron chi connectivity index (χ4n) is 4.14. The van der Waals surface area contributed by atoms with Crippen molar-refractivity contribution in [3.05, 3.63) is 48.0 Å². The van der Waals surface area contributed by atoms with Crippen LogP contribution in [0.2, 0.25) is 0 Å². The molecule has 7 heteroatoms. The molecule has 2 aromatic carbocycles. The Kier molecular flexibility index (Phi) is 15.0. The van der Waals surface area contributed by atoms with Crippen LogP contribution >= 0.6 is 0 Å². The molecule has 2 rings (SSSR count). The van der Waals surface area contributed by atoms with Crippen LogP contribution in [-0.2, 0) is 4.74 Å². The molecule has 2 N–H and O–H groups in total. The molecule has 0 radical (unpaired) electrons. The Balaban J connectivity index is 2.10. The molecular formula is C33H50N2O5. The van der Waals surface area contributed by atoms with Gasteiger partial charge in [0, 0.05) is 29.8 Å². The Morgan fingerprint density at radius 1 is 0.700 bits per heavy atom. The molecule has 0 atom stereocenters. The average molecular weight is 555 g/mol. The lowest BCUT2D eigenvalue weighted by Crippen LogP contribution is -2.34. The summed E-state index contributed by atoms with van der Waals surface area (Å²) in [5.74, 6) is 1.36. The lowest BCUT2D eigenvalue weighted by molar-refractivity contribution is 0.0527. The van der Waals surface area contributed by atoms with Gasteiger partial charge in [-0.05, 0) is 64.3 Å². The molecule has 0 fully saturated rings. The molecule has 222 valence electrons. The quantitative estimate of drug-likeness (QED) is 0.183. The van der Waals surface area contributed by atoms with Crippen molar-refractivity contribution < 1.29 is 23.8 Å². The van der Waals surface area contributed by atoms with Crippen molar-refractivity contribution in [2.75, 3.05) is 26.3 Å². The molecule has 0 aromatic heterocycles. The summed E-state index contributed by atoms with van der Waals surface area (Å²) in [4.78, 5) is 24.8. The van der Waals surface area contributed by atoms with Crippen molar-refractivity contribution in [1.29, 1.82) is 0 Å². The third-order valence-electron chi connectivity index (χ3n) is 6.24. The van der Waals surface area contributed by atoms with Crippen LogP contribution in [0, 0.1) is 0 Å². The van der Waals surface area contributed by atoms with Crippen LogP contribution in [0.25, 0.3) is 11.1 Å². The molecule has 0 heterocycles. The van der Waals surface area contributed by atoms with Gasteiger partial charge in [-0.25, -0.2) is 4.79 Å². The molecule has 0 aliphatic heterocycles. The summed E-state index contributed by atoms with van der Waals surface area (Å²) in [7, 11) is 0. The molecule has 0 spiro atoms. The maximum atomic E-state index is 13.0. The van der Waals surface area contributed by atoms with Crippen LogP contribution < -0.4 is 20.1 Å². The van der Waals surface area contributed by atoms with E-state index in [4.69, 9.17) is 14.2 Å². The molecule has 2 amide bonds. The predicted molar refractivity (Wildman–Crippen MR) is 162 cm³/mol. The van der Waals surface area contributed by atoms with Gasteiger partial charge in [0.05, 0.1) is 13.2 Å². The van der Waals surface area contributed by atoms with E-state index in [1.165, 1.54) is 25.7 Å². The van der Waals surface area contributed by atoms with Gasteiger partial charge in [0.25, 0.3) is 5.91 Å². The number of benzene rings is 2. The van der Waals surface area contributed by atoms with Crippen LogP contribution in [0.4, 0.5) is 4.79 Å². The Morgan fingerprint density at radius 2 is 1.30 bits per heavy atom. The smallest absolute Gasteiger partial charge is 0.407 e. The zero-order valence-corrected chi connectivity index (χ0v) is 25.3. The first-order valence-electron chi connectivity index (χ1n) is 15.0. The maximum Gasteiger partial charge on any atom is 0.407 e. The minimum absolute atomic E-state index is 0.175. The minimum atomic E-state index is -0.542. The van der Waals surface area contributed by atoms with Crippen molar-refractivity contribution in [1.82, 2.24) is 10.6 Å². The molecule has 0 aliphatic carbocycles. The summed E-state index contributed by atoms with van der Waals surface area (Å²) in [6, 6.07) is 13.5. The van der Waals surface area contributed by atoms with Crippen LogP contribution in [0.5, 0.6) is 11.5 Å². The van der Waals surface area contributed by atoms with E-state index in [0.717, 1.165) is 48.3 Å². The van der Waals surface area contributed by atoms with Crippen molar-refractivity contribution in [2.45, 2.75) is 98.0 Å². The van der Waals surface area contributed by atoms with Crippen molar-refractivity contribution in [2.24, 2.45) is 0 Å². The van der Waals surface area contributed by atoms with Crippen LogP contribution in [0.3, 0.4) is 0 Å². The standard InChI is InChI=1S/C33H50N2O5/c1-6-8-10-14-23-38-29-18-13-12-17-27(29)28-25-26(19-20-30(28)39-24-15-11-9-7-2)31(36)34-21-16-22-35-32(37)40-33(3,4)5/h12-13,17-20,25H,6-11,14-16,21-24H2,1-5H3,(H,34,36)(H,35,37). The van der Waals surface area contributed by atoms with E-state index in [-0.39, 0.29) is 5.91 Å². The van der Waals surface area contributed by atoms with E-state index in [0.29, 0.717) is 38.3 Å². The number of para-hydroxylation sites is 1. The van der Waals surface area contributed by atoms with Gasteiger partial charge >= 0.3 is 6.09 Å². The number of rotatable bonds is 18. The molecule has 0 aliphatic rings. The van der Waals surface area contributed by atoms with E-state index in [9.17, 15) is 9.59 Å². The average Bonchev–Trinajstić information content (AvgIpc) is 2.92. The number of alkyl carbamates (subject to hydrolysis) is 1. The Labute approximate surface area is 241 Å². The number of ether oxygens (including phenoxy) is 3. The lowest BCUT2D eigenvalue weighted by atomic mass is 10.0. The zero-order valence-electron chi connectivity index (χ0n) is 25.3. The number of hydrogen-bond donors (Lipinski definition) is 2. The molecule has 40 heavy (non-hydrogen) atoms. The molecule has 7 nitrogen and oxygen atoms in total. The fraction of sp³-hybridized carbons (Fsp3) is 0.576. The van der Waals surface area contributed by atoms with Crippen LogP contribution in [-0.4, -0.2) is 43.9 Å². The van der Waals surface area contributed by atoms with Gasteiger partial charge in [-0.15, -0.1) is 0 Å². The summed E-state index contributed by atoms with van der Waals surface area (Å²) in [5, 5.41) is 5.66. The second-order valence-corrected chi connectivity index (χ2v) is 11.1. The van der Waals surface area contributed by atoms with E-state index < -0.39 is 11.7 Å². The second-order valence-electron chi connectivity index (χ2n) is 11.1. The summed E-state index contributed by atoms with van der Waals surface area (Å²) >= 11 is 0. The van der Waals surface area contributed by atoms with Crippen LogP contribution in [0.15, 0.2) is 42.5 Å². The highest BCUT2D eigenvalue weighted by atomic mass is 16.6. The molecule has 0 unspecified atom stereocenters. The Bertz CT molecular complexity index is 1030. The van der Waals surface area contributed by atoms with Crippen LogP contribution in [0.1, 0.15) is 103 Å². The predicted octanol–water partition coefficient (Wildman–Crippen LogP) is 7.92. The van der Waals surface area contributed by atoms with Gasteiger partial charge in [0.1, 0.15) is 17.1 Å². The minimum Gasteiger partial charge on any atom is -0.493 e. The number of nitrogens with one attached hydrogen (secondary N) is 2. The van der Waals surface area contributed by atoms with Gasteiger partial charge in [0.2, 0.25) is 0 Å². The summed E-state index contributed by atoms with van der Waals surface area (Å²) < 4.78 is 17.6. The van der Waals surface area contributed by atoms with Crippen molar-refractivity contribution >= 4 is 12.0 Å². The Hall–Kier alpha value is -3.22. The monoisotopic (exact) mass is 554 g/mol. The van der Waals surface area contributed by atoms with E-state index in [2.05, 4.69) is 24.5 Å². The third kappa shape index (κ3) is 12.8. The number of hydrogen-bond acceptors (Lipinski definition) is 5. The first-order chi connectivity index (χ1) is 19.2. The Morgan fingerprint density at radius 3 is 1.93 bits per heavy atom. The number of unbranched alkanes of at least 4 members (excludes halogenated alkanes) is 6. The number of carbonyl (C=O) groups is 2. The normalized spacial score (nSPS) is 11.1. The number of amides is 2. The SMILES string of the molecule is CCCCCCOc1ccccc1-c1cc(C(=O)NCCCNC(=O)OC(C)(C)C)ccc1OCCCCCC. The summed E-state index contributed by atoms with van der Waals surface area (Å²) in [6.07, 6.45) is 9.16. The first-order valence-corrected chi connectivity index (χ1v) is 15.0. The van der Waals surface area contributed by atoms with Gasteiger partial charge in [-0.3, -0.25) is 4.79 Å². The zero-order chi connectivity index (χ0) is 29.2. The molecule has 0 saturated carbocycles. The highest BCUT2D eigenvalue weighted by molar-refractivity contribution is 5.96. The highest BCUT2D eigenvalue weighted by Crippen LogP contribution is 2.37. The number of carbonyl (C=O) groups excluding carboxylic acids is 2. The maximum absolute atomic E-state index is 13.0. The molecular weight excluding hydrogens is 504 g/mol. The lowest BCUT2D eigenvalue weighted by Gasteiger charge is -2.19. The third-order valence-corrected chi connectivity index (χ3v) is 6.24. The molecule has 2 aromatic rings. The van der Waals surface area contributed by atoms with Crippen molar-refractivity contribution in [3.8, 4) is 22.6 Å². The fourth-order valence-corrected chi connectivity index (χ4v) is 4.14. The van der Waals surface area contributed by atoms with Gasteiger partial charge in [0.15, 0.2) is 0 Å². The molecule has 0 bridgehead atoms. The second kappa shape index (κ2) is 18.2. The highest BCUT2D eigenvalue weighted by Gasteiger charge is 2.17. The van der Waals surface area contributed by atoms with E-state index >= 15 is 0 Å². The van der Waals surface area contributed by atoms with Gasteiger partial charge in [-0.2, -0.15) is 0 Å². The van der Waals surface area contributed by atoms with Gasteiger partial charge < -0.3 is 24.8 Å². The first kappa shape index (κ1) is 33.0. The van der Waals surface area contributed by atoms with Crippen molar-refractivity contribution in [3.63, 3.8) is 0 Å². The van der Waals surface area contributed by atoms with E-state index in [1.807, 2.05) is 57.2 Å². The topological polar surface area (TPSA) is 85.9 Å². The largest absolute Gasteiger partial charge is 0.493 e. The summed E-state index contributed by atoms with van der Waals surface area (Å²) in [6.45, 7) is 12.0. The molecule has 0 saturated heterocycles. The van der Waals surface area contributed by atoms with Gasteiger partial charge in [-0.1, -0.05) is 70.6 Å².